The van der Waals surface area contributed by atoms with Gasteiger partial charge in [-0.2, -0.15) is 5.10 Å². The highest BCUT2D eigenvalue weighted by molar-refractivity contribution is 5.92. The summed E-state index contributed by atoms with van der Waals surface area (Å²) in [5.74, 6) is -0.0851. The fourth-order valence-corrected chi connectivity index (χ4v) is 4.06. The first-order chi connectivity index (χ1) is 16.5. The lowest BCUT2D eigenvalue weighted by atomic mass is 9.98. The summed E-state index contributed by atoms with van der Waals surface area (Å²) in [5, 5.41) is 10.9. The van der Waals surface area contributed by atoms with Crippen molar-refractivity contribution in [1.29, 1.82) is 0 Å². The second kappa shape index (κ2) is 8.90. The number of hydrogen-bond donors (Lipinski definition) is 3. The van der Waals surface area contributed by atoms with Gasteiger partial charge in [0.15, 0.2) is 0 Å². The summed E-state index contributed by atoms with van der Waals surface area (Å²) in [6, 6.07) is 17.6. The summed E-state index contributed by atoms with van der Waals surface area (Å²) in [6.45, 7) is 1.93. The molecule has 0 unspecified atom stereocenters. The molecule has 0 fully saturated rings. The zero-order chi connectivity index (χ0) is 23.7. The zero-order valence-electron chi connectivity index (χ0n) is 18.5. The Morgan fingerprint density at radius 2 is 1.88 bits per heavy atom. The molecular weight excluding hydrogens is 433 g/mol. The van der Waals surface area contributed by atoms with Crippen LogP contribution in [0.2, 0.25) is 0 Å². The molecule has 0 saturated carbocycles. The topological polar surface area (TPSA) is 104 Å². The molecule has 0 atom stereocenters. The van der Waals surface area contributed by atoms with Gasteiger partial charge in [-0.05, 0) is 47.9 Å². The van der Waals surface area contributed by atoms with Crippen molar-refractivity contribution in [3.63, 3.8) is 0 Å². The van der Waals surface area contributed by atoms with E-state index in [2.05, 4.69) is 25.5 Å². The number of hydrogen-bond acceptors (Lipinski definition) is 4. The van der Waals surface area contributed by atoms with Gasteiger partial charge in [-0.15, -0.1) is 0 Å². The van der Waals surface area contributed by atoms with E-state index < -0.39 is 0 Å². The van der Waals surface area contributed by atoms with Crippen LogP contribution in [0.15, 0.2) is 65.5 Å². The monoisotopic (exact) mass is 455 g/mol. The number of nitrogens with zero attached hydrogens (tertiary/aromatic N) is 2. The summed E-state index contributed by atoms with van der Waals surface area (Å²) in [6.07, 6.45) is 1.60. The lowest BCUT2D eigenvalue weighted by Gasteiger charge is -2.09. The van der Waals surface area contributed by atoms with Crippen LogP contribution in [0.4, 0.5) is 10.3 Å². The molecule has 2 aromatic heterocycles. The van der Waals surface area contributed by atoms with Crippen molar-refractivity contribution in [1.82, 2.24) is 20.2 Å². The van der Waals surface area contributed by atoms with Crippen LogP contribution in [-0.4, -0.2) is 26.1 Å². The molecule has 2 heterocycles. The van der Waals surface area contributed by atoms with Crippen LogP contribution in [0.25, 0.3) is 32.9 Å². The van der Waals surface area contributed by atoms with E-state index in [1.807, 2.05) is 31.2 Å². The number of halogens is 1. The third-order valence-electron chi connectivity index (χ3n) is 5.71. The molecule has 0 saturated heterocycles. The molecule has 0 aliphatic heterocycles. The Bertz CT molecular complexity index is 1590. The van der Waals surface area contributed by atoms with Gasteiger partial charge in [0.05, 0.1) is 22.1 Å². The minimum absolute atomic E-state index is 0.107. The van der Waals surface area contributed by atoms with Crippen molar-refractivity contribution in [3.8, 4) is 11.1 Å². The van der Waals surface area contributed by atoms with Gasteiger partial charge in [-0.1, -0.05) is 37.3 Å². The van der Waals surface area contributed by atoms with Crippen molar-refractivity contribution in [2.24, 2.45) is 0 Å². The first kappa shape index (κ1) is 21.5. The number of carbonyl (C=O) groups excluding carboxylic acids is 1. The lowest BCUT2D eigenvalue weighted by molar-refractivity contribution is -0.116. The number of amides is 1. The third kappa shape index (κ3) is 4.17. The van der Waals surface area contributed by atoms with E-state index in [-0.39, 0.29) is 17.3 Å². The number of imidazole rings is 1. The van der Waals surface area contributed by atoms with Crippen molar-refractivity contribution in [2.45, 2.75) is 26.2 Å². The summed E-state index contributed by atoms with van der Waals surface area (Å²) in [5.41, 5.74) is 3.83. The number of rotatable bonds is 6. The molecule has 0 bridgehead atoms. The van der Waals surface area contributed by atoms with Crippen LogP contribution >= 0.6 is 0 Å². The SMILES string of the molecule is CCCC(=O)Nc1nc2ccc(-c3cc(Cc4n[nH]c(=O)c5ccccc45)ccc3F)cc2[nH]1. The molecule has 170 valence electrons. The van der Waals surface area contributed by atoms with Gasteiger partial charge in [0, 0.05) is 23.8 Å². The highest BCUT2D eigenvalue weighted by atomic mass is 19.1. The largest absolute Gasteiger partial charge is 0.324 e. The summed E-state index contributed by atoms with van der Waals surface area (Å²) in [7, 11) is 0. The van der Waals surface area contributed by atoms with Crippen LogP contribution in [0.1, 0.15) is 31.0 Å². The number of nitrogens with one attached hydrogen (secondary N) is 3. The Morgan fingerprint density at radius 1 is 1.06 bits per heavy atom. The summed E-state index contributed by atoms with van der Waals surface area (Å²) in [4.78, 5) is 31.4. The van der Waals surface area contributed by atoms with Crippen molar-refractivity contribution < 1.29 is 9.18 Å². The van der Waals surface area contributed by atoms with Crippen LogP contribution < -0.4 is 10.9 Å². The van der Waals surface area contributed by atoms with Crippen LogP contribution in [-0.2, 0) is 11.2 Å². The quantitative estimate of drug-likeness (QED) is 0.338. The van der Waals surface area contributed by atoms with E-state index in [9.17, 15) is 14.0 Å². The van der Waals surface area contributed by atoms with Crippen molar-refractivity contribution >= 4 is 33.7 Å². The van der Waals surface area contributed by atoms with Gasteiger partial charge in [0.25, 0.3) is 5.56 Å². The Labute approximate surface area is 194 Å². The average Bonchev–Trinajstić information content (AvgIpc) is 3.23. The minimum atomic E-state index is -0.349. The number of aromatic nitrogens is 4. The van der Waals surface area contributed by atoms with Gasteiger partial charge in [-0.25, -0.2) is 14.5 Å². The predicted molar refractivity (Wildman–Crippen MR) is 130 cm³/mol. The molecular formula is C26H22FN5O2. The highest BCUT2D eigenvalue weighted by Crippen LogP contribution is 2.28. The Hall–Kier alpha value is -4.33. The standard InChI is InChI=1S/C26H22FN5O2/c1-2-5-24(33)30-26-28-21-11-9-16(14-23(21)29-26)19-12-15(8-10-20(19)27)13-22-17-6-3-4-7-18(17)25(34)32-31-22/h3-4,6-12,14H,2,5,13H2,1H3,(H,32,34)(H2,28,29,30,33). The zero-order valence-corrected chi connectivity index (χ0v) is 18.5. The van der Waals surface area contributed by atoms with Crippen LogP contribution in [0, 0.1) is 5.82 Å². The fraction of sp³-hybridized carbons (Fsp3) is 0.154. The van der Waals surface area contributed by atoms with Gasteiger partial charge < -0.3 is 4.98 Å². The van der Waals surface area contributed by atoms with Gasteiger partial charge in [-0.3, -0.25) is 14.9 Å². The fourth-order valence-electron chi connectivity index (χ4n) is 4.06. The Morgan fingerprint density at radius 3 is 2.71 bits per heavy atom. The van der Waals surface area contributed by atoms with Crippen LogP contribution in [0.5, 0.6) is 0 Å². The lowest BCUT2D eigenvalue weighted by Crippen LogP contribution is -2.11. The number of benzene rings is 3. The molecule has 5 aromatic rings. The van der Waals surface area contributed by atoms with Gasteiger partial charge in [0.2, 0.25) is 11.9 Å². The van der Waals surface area contributed by atoms with E-state index in [1.165, 1.54) is 6.07 Å². The Balaban J connectivity index is 1.48. The van der Waals surface area contributed by atoms with E-state index >= 15 is 0 Å². The molecule has 0 aliphatic carbocycles. The Kier molecular flexibility index (Phi) is 5.63. The first-order valence-electron chi connectivity index (χ1n) is 11.1. The predicted octanol–water partition coefficient (Wildman–Crippen LogP) is 4.93. The maximum absolute atomic E-state index is 14.8. The molecule has 0 aliphatic rings. The normalized spacial score (nSPS) is 11.2. The van der Waals surface area contributed by atoms with Crippen molar-refractivity contribution in [3.05, 3.63) is 88.1 Å². The molecule has 7 nitrogen and oxygen atoms in total. The molecule has 3 aromatic carbocycles. The second-order valence-corrected chi connectivity index (χ2v) is 8.15. The molecule has 3 N–H and O–H groups in total. The smallest absolute Gasteiger partial charge is 0.272 e. The van der Waals surface area contributed by atoms with E-state index in [0.29, 0.717) is 52.0 Å². The maximum Gasteiger partial charge on any atom is 0.272 e. The van der Waals surface area contributed by atoms with Crippen molar-refractivity contribution in [2.75, 3.05) is 5.32 Å². The molecule has 0 spiro atoms. The molecule has 1 amide bonds. The van der Waals surface area contributed by atoms with E-state index in [4.69, 9.17) is 0 Å². The summed E-state index contributed by atoms with van der Waals surface area (Å²) < 4.78 is 14.8. The third-order valence-corrected chi connectivity index (χ3v) is 5.71. The number of fused-ring (bicyclic) bond motifs is 2. The van der Waals surface area contributed by atoms with Crippen LogP contribution in [0.3, 0.4) is 0 Å². The maximum atomic E-state index is 14.8. The average molecular weight is 455 g/mol. The highest BCUT2D eigenvalue weighted by Gasteiger charge is 2.13. The van der Waals surface area contributed by atoms with E-state index in [0.717, 1.165) is 17.4 Å². The minimum Gasteiger partial charge on any atom is -0.324 e. The molecule has 34 heavy (non-hydrogen) atoms. The molecule has 0 radical (unpaired) electrons. The van der Waals surface area contributed by atoms with Gasteiger partial charge >= 0.3 is 0 Å². The summed E-state index contributed by atoms with van der Waals surface area (Å²) >= 11 is 0. The number of H-pyrrole nitrogens is 2. The van der Waals surface area contributed by atoms with E-state index in [1.54, 1.807) is 30.3 Å². The molecule has 5 rings (SSSR count). The first-order valence-corrected chi connectivity index (χ1v) is 11.1. The molecule has 8 heteroatoms. The number of anilines is 1. The number of carbonyl (C=O) groups is 1. The number of aromatic amines is 2. The van der Waals surface area contributed by atoms with Gasteiger partial charge in [0.1, 0.15) is 5.82 Å². The second-order valence-electron chi connectivity index (χ2n) is 8.15.